The number of aliphatic hydroxyl groups excluding tert-OH is 1. The number of benzene rings is 1. The van der Waals surface area contributed by atoms with Crippen LogP contribution in [0.2, 0.25) is 5.02 Å². The molecule has 1 atom stereocenters. The zero-order valence-corrected chi connectivity index (χ0v) is 14.3. The Morgan fingerprint density at radius 3 is 2.59 bits per heavy atom. The van der Waals surface area contributed by atoms with E-state index in [2.05, 4.69) is 5.10 Å². The Hall–Kier alpha value is -2.78. The van der Waals surface area contributed by atoms with Crippen LogP contribution in [0.15, 0.2) is 53.1 Å². The third-order valence-electron chi connectivity index (χ3n) is 3.62. The van der Waals surface area contributed by atoms with Crippen molar-refractivity contribution in [3.8, 4) is 17.1 Å². The van der Waals surface area contributed by atoms with E-state index in [9.17, 15) is 18.0 Å². The topological polar surface area (TPSA) is 80.3 Å². The van der Waals surface area contributed by atoms with E-state index >= 15 is 0 Å². The summed E-state index contributed by atoms with van der Waals surface area (Å²) in [6.07, 6.45) is -6.05. The third kappa shape index (κ3) is 4.32. The van der Waals surface area contributed by atoms with Crippen molar-refractivity contribution in [2.45, 2.75) is 12.3 Å². The molecule has 3 rings (SSSR count). The largest absolute Gasteiger partial charge is 0.463 e. The third-order valence-corrected chi connectivity index (χ3v) is 3.87. The van der Waals surface area contributed by atoms with E-state index in [0.717, 1.165) is 0 Å². The summed E-state index contributed by atoms with van der Waals surface area (Å²) in [4.78, 5) is 12.2. The number of hydrogen-bond acceptors (Lipinski definition) is 4. The molecule has 142 valence electrons. The van der Waals surface area contributed by atoms with Gasteiger partial charge in [-0.1, -0.05) is 11.6 Å². The second-order valence-electron chi connectivity index (χ2n) is 5.55. The summed E-state index contributed by atoms with van der Waals surface area (Å²) in [5.74, 6) is -0.453. The number of nitrogens with one attached hydrogen (secondary N) is 1. The summed E-state index contributed by atoms with van der Waals surface area (Å²) in [6, 6.07) is 11.3. The van der Waals surface area contributed by atoms with Crippen LogP contribution < -0.4 is 5.32 Å². The summed E-state index contributed by atoms with van der Waals surface area (Å²) >= 11 is 5.87. The summed E-state index contributed by atoms with van der Waals surface area (Å²) in [6.45, 7) is -0.980. The maximum atomic E-state index is 12.4. The first-order valence-corrected chi connectivity index (χ1v) is 8.06. The number of hydrogen-bond donors (Lipinski definition) is 2. The van der Waals surface area contributed by atoms with Gasteiger partial charge in [0.15, 0.2) is 17.6 Å². The van der Waals surface area contributed by atoms with E-state index in [1.165, 1.54) is 17.0 Å². The van der Waals surface area contributed by atoms with Crippen LogP contribution in [0.1, 0.15) is 10.5 Å². The number of alkyl halides is 3. The molecule has 0 radical (unpaired) electrons. The predicted octanol–water partition coefficient (Wildman–Crippen LogP) is 3.44. The Morgan fingerprint density at radius 1 is 1.30 bits per heavy atom. The normalized spacial score (nSPS) is 12.8. The maximum Gasteiger partial charge on any atom is 0.416 e. The standard InChI is InChI=1S/C17H13ClF3N3O3/c18-10-3-5-11(6-4-10)24-13(14-2-1-7-27-14)8-12(23-24)16(26)22-9-15(25)17(19,20)21/h1-8,15,25H,9H2,(H,22,26)/t15-/m0/s1. The number of halogens is 4. The zero-order valence-electron chi connectivity index (χ0n) is 13.6. The van der Waals surface area contributed by atoms with Crippen molar-refractivity contribution in [3.05, 3.63) is 59.4 Å². The molecule has 1 amide bonds. The number of furan rings is 1. The predicted molar refractivity (Wildman–Crippen MR) is 90.7 cm³/mol. The molecule has 10 heteroatoms. The maximum absolute atomic E-state index is 12.4. The minimum atomic E-state index is -4.82. The van der Waals surface area contributed by atoms with Gasteiger partial charge in [0, 0.05) is 11.1 Å². The van der Waals surface area contributed by atoms with Crippen LogP contribution >= 0.6 is 11.6 Å². The minimum Gasteiger partial charge on any atom is -0.463 e. The highest BCUT2D eigenvalue weighted by Crippen LogP contribution is 2.25. The Labute approximate surface area is 156 Å². The Balaban J connectivity index is 1.90. The van der Waals surface area contributed by atoms with Gasteiger partial charge in [-0.3, -0.25) is 4.79 Å². The van der Waals surface area contributed by atoms with E-state index in [1.54, 1.807) is 36.4 Å². The smallest absolute Gasteiger partial charge is 0.416 e. The number of rotatable bonds is 5. The van der Waals surface area contributed by atoms with Gasteiger partial charge in [0.25, 0.3) is 5.91 Å². The fourth-order valence-electron chi connectivity index (χ4n) is 2.27. The molecule has 2 aromatic heterocycles. The Morgan fingerprint density at radius 2 is 2.00 bits per heavy atom. The summed E-state index contributed by atoms with van der Waals surface area (Å²) in [7, 11) is 0. The first-order valence-electron chi connectivity index (χ1n) is 7.68. The molecule has 0 aliphatic heterocycles. The highest BCUT2D eigenvalue weighted by Gasteiger charge is 2.38. The first-order chi connectivity index (χ1) is 12.8. The number of amides is 1. The van der Waals surface area contributed by atoms with Gasteiger partial charge >= 0.3 is 6.18 Å². The zero-order chi connectivity index (χ0) is 19.6. The molecule has 1 aromatic carbocycles. The summed E-state index contributed by atoms with van der Waals surface area (Å²) in [5.41, 5.74) is 0.856. The SMILES string of the molecule is O=C(NC[C@H](O)C(F)(F)F)c1cc(-c2ccco2)n(-c2ccc(Cl)cc2)n1. The molecule has 0 saturated heterocycles. The van der Waals surface area contributed by atoms with Gasteiger partial charge in [0.05, 0.1) is 18.5 Å². The number of nitrogens with zero attached hydrogens (tertiary/aromatic N) is 2. The number of carbonyl (C=O) groups excluding carboxylic acids is 1. The van der Waals surface area contributed by atoms with Gasteiger partial charge in [0.2, 0.25) is 0 Å². The van der Waals surface area contributed by atoms with Crippen molar-refractivity contribution in [2.75, 3.05) is 6.54 Å². The van der Waals surface area contributed by atoms with Gasteiger partial charge < -0.3 is 14.8 Å². The van der Waals surface area contributed by atoms with Gasteiger partial charge in [-0.25, -0.2) is 4.68 Å². The lowest BCUT2D eigenvalue weighted by Crippen LogP contribution is -2.40. The molecule has 0 bridgehead atoms. The molecule has 3 aromatic rings. The van der Waals surface area contributed by atoms with Crippen LogP contribution in [0.3, 0.4) is 0 Å². The van der Waals surface area contributed by atoms with Gasteiger partial charge in [0.1, 0.15) is 5.69 Å². The second-order valence-corrected chi connectivity index (χ2v) is 5.98. The lowest BCUT2D eigenvalue weighted by molar-refractivity contribution is -0.201. The Bertz CT molecular complexity index is 921. The van der Waals surface area contributed by atoms with Crippen LogP contribution in [0.4, 0.5) is 13.2 Å². The second kappa shape index (κ2) is 7.45. The first kappa shape index (κ1) is 19.0. The molecular formula is C17H13ClF3N3O3. The van der Waals surface area contributed by atoms with Crippen molar-refractivity contribution in [2.24, 2.45) is 0 Å². The van der Waals surface area contributed by atoms with E-state index in [0.29, 0.717) is 22.2 Å². The van der Waals surface area contributed by atoms with Crippen molar-refractivity contribution in [1.29, 1.82) is 0 Å². The number of aromatic nitrogens is 2. The highest BCUT2D eigenvalue weighted by molar-refractivity contribution is 6.30. The molecule has 0 aliphatic carbocycles. The molecule has 0 unspecified atom stereocenters. The molecule has 0 fully saturated rings. The van der Waals surface area contributed by atoms with Crippen LogP contribution in [0, 0.1) is 0 Å². The molecular weight excluding hydrogens is 387 g/mol. The van der Waals surface area contributed by atoms with Crippen LogP contribution in [0.5, 0.6) is 0 Å². The van der Waals surface area contributed by atoms with E-state index in [4.69, 9.17) is 21.1 Å². The van der Waals surface area contributed by atoms with Crippen LogP contribution in [0.25, 0.3) is 17.1 Å². The van der Waals surface area contributed by atoms with E-state index in [1.807, 2.05) is 5.32 Å². The summed E-state index contributed by atoms with van der Waals surface area (Å²) in [5, 5.41) is 15.7. The van der Waals surface area contributed by atoms with E-state index < -0.39 is 24.7 Å². The fourth-order valence-corrected chi connectivity index (χ4v) is 2.39. The molecule has 6 nitrogen and oxygen atoms in total. The molecule has 0 saturated carbocycles. The van der Waals surface area contributed by atoms with Crippen molar-refractivity contribution < 1.29 is 27.5 Å². The lowest BCUT2D eigenvalue weighted by atomic mass is 10.2. The molecule has 0 aliphatic rings. The van der Waals surface area contributed by atoms with Crippen LogP contribution in [-0.4, -0.2) is 39.6 Å². The van der Waals surface area contributed by atoms with Crippen molar-refractivity contribution >= 4 is 17.5 Å². The van der Waals surface area contributed by atoms with Crippen LogP contribution in [-0.2, 0) is 0 Å². The average Bonchev–Trinajstić information content (AvgIpc) is 3.28. The fraction of sp³-hybridized carbons (Fsp3) is 0.176. The molecule has 27 heavy (non-hydrogen) atoms. The quantitative estimate of drug-likeness (QED) is 0.688. The molecule has 0 spiro atoms. The van der Waals surface area contributed by atoms with Gasteiger partial charge in [-0.15, -0.1) is 0 Å². The Kier molecular flexibility index (Phi) is 5.24. The lowest BCUT2D eigenvalue weighted by Gasteiger charge is -2.14. The summed E-state index contributed by atoms with van der Waals surface area (Å²) < 4.78 is 43.8. The highest BCUT2D eigenvalue weighted by atomic mass is 35.5. The minimum absolute atomic E-state index is 0.134. The van der Waals surface area contributed by atoms with Crippen molar-refractivity contribution in [3.63, 3.8) is 0 Å². The molecule has 2 N–H and O–H groups in total. The average molecular weight is 400 g/mol. The number of aliphatic hydroxyl groups is 1. The van der Waals surface area contributed by atoms with Gasteiger partial charge in [-0.05, 0) is 36.4 Å². The van der Waals surface area contributed by atoms with Gasteiger partial charge in [-0.2, -0.15) is 18.3 Å². The van der Waals surface area contributed by atoms with Crippen molar-refractivity contribution in [1.82, 2.24) is 15.1 Å². The number of carbonyl (C=O) groups is 1. The monoisotopic (exact) mass is 399 g/mol. The van der Waals surface area contributed by atoms with E-state index in [-0.39, 0.29) is 5.69 Å². The molecule has 2 heterocycles.